The fraction of sp³-hybridized carbons (Fsp3) is 0.364. The highest BCUT2D eigenvalue weighted by Gasteiger charge is 2.32. The molecule has 0 saturated carbocycles. The largest absolute Gasteiger partial charge is 0.478 e. The zero-order chi connectivity index (χ0) is 14.7. The lowest BCUT2D eigenvalue weighted by molar-refractivity contribution is -0.117. The molecule has 0 spiro atoms. The van der Waals surface area contributed by atoms with Crippen LogP contribution in [0.15, 0.2) is 17.4 Å². The number of carbonyl (C=O) groups excluding carboxylic acids is 1. The predicted octanol–water partition coefficient (Wildman–Crippen LogP) is 2.10. The second-order valence-electron chi connectivity index (χ2n) is 4.32. The monoisotopic (exact) mass is 295 g/mol. The van der Waals surface area contributed by atoms with Crippen molar-refractivity contribution in [3.63, 3.8) is 0 Å². The van der Waals surface area contributed by atoms with Crippen LogP contribution >= 0.6 is 11.6 Å². The summed E-state index contributed by atoms with van der Waals surface area (Å²) < 4.78 is 0. The first kappa shape index (κ1) is 14.1. The summed E-state index contributed by atoms with van der Waals surface area (Å²) in [5.41, 5.74) is 8.40. The zero-order valence-corrected chi connectivity index (χ0v) is 11.0. The molecule has 0 aromatic carbocycles. The molecule has 1 fully saturated rings. The fourth-order valence-electron chi connectivity index (χ4n) is 2.10. The number of amides is 1. The number of carboxylic acids is 1. The number of anilines is 1. The van der Waals surface area contributed by atoms with Gasteiger partial charge in [-0.3, -0.25) is 4.79 Å². The van der Waals surface area contributed by atoms with Crippen molar-refractivity contribution in [1.82, 2.24) is 4.98 Å². The van der Waals surface area contributed by atoms with E-state index in [-0.39, 0.29) is 41.2 Å². The van der Waals surface area contributed by atoms with Crippen molar-refractivity contribution in [2.24, 2.45) is 11.0 Å². The van der Waals surface area contributed by atoms with Crippen LogP contribution in [0.4, 0.5) is 5.69 Å². The van der Waals surface area contributed by atoms with Crippen LogP contribution in [0.25, 0.3) is 10.4 Å². The van der Waals surface area contributed by atoms with E-state index in [9.17, 15) is 9.59 Å². The van der Waals surface area contributed by atoms with E-state index in [0.717, 1.165) is 0 Å². The van der Waals surface area contributed by atoms with E-state index in [1.54, 1.807) is 0 Å². The summed E-state index contributed by atoms with van der Waals surface area (Å²) in [4.78, 5) is 30.9. The number of rotatable bonds is 4. The summed E-state index contributed by atoms with van der Waals surface area (Å²) in [6.45, 7) is 0.490. The minimum atomic E-state index is -1.18. The number of hydrogen-bond donors (Lipinski definition) is 1. The molecule has 2 rings (SSSR count). The van der Waals surface area contributed by atoms with E-state index < -0.39 is 5.97 Å². The third-order valence-electron chi connectivity index (χ3n) is 2.98. The number of hydrogen-bond acceptors (Lipinski definition) is 4. The fourth-order valence-corrected chi connectivity index (χ4v) is 2.26. The third kappa shape index (κ3) is 2.81. The molecule has 0 bridgehead atoms. The molecule has 1 aliphatic rings. The molecule has 0 aliphatic carbocycles. The summed E-state index contributed by atoms with van der Waals surface area (Å²) in [7, 11) is 0. The summed E-state index contributed by atoms with van der Waals surface area (Å²) in [6, 6.07) is 1.20. The molecule has 1 atom stereocenters. The number of nitrogens with zero attached hydrogens (tertiary/aromatic N) is 5. The average Bonchev–Trinajstić information content (AvgIpc) is 2.77. The van der Waals surface area contributed by atoms with Gasteiger partial charge in [0, 0.05) is 24.4 Å². The van der Waals surface area contributed by atoms with Gasteiger partial charge in [-0.15, -0.1) is 0 Å². The molecule has 8 nitrogen and oxygen atoms in total. The lowest BCUT2D eigenvalue weighted by atomic mass is 10.1. The van der Waals surface area contributed by atoms with Gasteiger partial charge in [-0.1, -0.05) is 16.7 Å². The van der Waals surface area contributed by atoms with Crippen molar-refractivity contribution >= 4 is 29.2 Å². The number of azide groups is 1. The van der Waals surface area contributed by atoms with Crippen molar-refractivity contribution in [3.8, 4) is 0 Å². The van der Waals surface area contributed by atoms with Crippen molar-refractivity contribution in [1.29, 1.82) is 0 Å². The summed E-state index contributed by atoms with van der Waals surface area (Å²) >= 11 is 5.67. The van der Waals surface area contributed by atoms with Gasteiger partial charge in [0.1, 0.15) is 5.15 Å². The maximum atomic E-state index is 11.9. The number of aromatic nitrogens is 1. The highest BCUT2D eigenvalue weighted by molar-refractivity contribution is 6.29. The maximum absolute atomic E-state index is 11.9. The Kier molecular flexibility index (Phi) is 4.07. The summed E-state index contributed by atoms with van der Waals surface area (Å²) in [5, 5.41) is 12.6. The van der Waals surface area contributed by atoms with Gasteiger partial charge in [-0.25, -0.2) is 9.78 Å². The Morgan fingerprint density at radius 1 is 1.70 bits per heavy atom. The van der Waals surface area contributed by atoms with Crippen LogP contribution in [-0.4, -0.2) is 35.1 Å². The molecule has 2 heterocycles. The predicted molar refractivity (Wildman–Crippen MR) is 70.7 cm³/mol. The molecular weight excluding hydrogens is 286 g/mol. The van der Waals surface area contributed by atoms with Crippen LogP contribution < -0.4 is 4.90 Å². The van der Waals surface area contributed by atoms with Gasteiger partial charge in [0.25, 0.3) is 0 Å². The van der Waals surface area contributed by atoms with Gasteiger partial charge in [-0.05, 0) is 17.5 Å². The summed E-state index contributed by atoms with van der Waals surface area (Å²) in [6.07, 6.45) is 1.47. The van der Waals surface area contributed by atoms with E-state index in [1.807, 2.05) is 0 Å². The summed E-state index contributed by atoms with van der Waals surface area (Å²) in [5.74, 6) is -1.54. The molecular formula is C11H10ClN5O3. The highest BCUT2D eigenvalue weighted by Crippen LogP contribution is 2.29. The smallest absolute Gasteiger partial charge is 0.337 e. The molecule has 104 valence electrons. The molecule has 1 saturated heterocycles. The van der Waals surface area contributed by atoms with Crippen LogP contribution in [0.1, 0.15) is 16.8 Å². The van der Waals surface area contributed by atoms with Crippen molar-refractivity contribution in [2.45, 2.75) is 6.42 Å². The molecule has 1 N–H and O–H groups in total. The van der Waals surface area contributed by atoms with Gasteiger partial charge in [0.15, 0.2) is 0 Å². The van der Waals surface area contributed by atoms with Crippen molar-refractivity contribution in [2.75, 3.05) is 18.0 Å². The first-order valence-corrected chi connectivity index (χ1v) is 6.10. The molecule has 1 aliphatic heterocycles. The standard InChI is InChI=1S/C11H10ClN5O3/c12-9-2-7(11(19)20)8(4-14-9)17-5-6(1-10(17)18)3-15-16-13/h2,4,6H,1,3,5H2,(H,19,20). The van der Waals surface area contributed by atoms with Crippen LogP contribution in [0.2, 0.25) is 5.15 Å². The number of halogens is 1. The zero-order valence-electron chi connectivity index (χ0n) is 10.2. The van der Waals surface area contributed by atoms with Crippen LogP contribution in [-0.2, 0) is 4.79 Å². The molecule has 0 radical (unpaired) electrons. The molecule has 20 heavy (non-hydrogen) atoms. The molecule has 1 amide bonds. The van der Waals surface area contributed by atoms with Crippen LogP contribution in [0.3, 0.4) is 0 Å². The van der Waals surface area contributed by atoms with Gasteiger partial charge in [0.05, 0.1) is 17.4 Å². The maximum Gasteiger partial charge on any atom is 0.337 e. The Balaban J connectivity index is 2.30. The lowest BCUT2D eigenvalue weighted by Crippen LogP contribution is -2.27. The van der Waals surface area contributed by atoms with E-state index >= 15 is 0 Å². The van der Waals surface area contributed by atoms with Gasteiger partial charge in [0.2, 0.25) is 5.91 Å². The Labute approximate surface area is 118 Å². The van der Waals surface area contributed by atoms with Crippen LogP contribution in [0.5, 0.6) is 0 Å². The lowest BCUT2D eigenvalue weighted by Gasteiger charge is -2.18. The van der Waals surface area contributed by atoms with E-state index in [1.165, 1.54) is 17.2 Å². The molecule has 1 aromatic rings. The first-order valence-electron chi connectivity index (χ1n) is 5.73. The van der Waals surface area contributed by atoms with E-state index in [0.29, 0.717) is 6.54 Å². The normalized spacial score (nSPS) is 17.9. The third-order valence-corrected chi connectivity index (χ3v) is 3.19. The molecule has 1 unspecified atom stereocenters. The van der Waals surface area contributed by atoms with Crippen molar-refractivity contribution in [3.05, 3.63) is 33.4 Å². The first-order chi connectivity index (χ1) is 9.52. The SMILES string of the molecule is [N-]=[N+]=NCC1CC(=O)N(c2cnc(Cl)cc2C(=O)O)C1. The molecule has 1 aromatic heterocycles. The Hall–Kier alpha value is -2.31. The van der Waals surface area contributed by atoms with Crippen LogP contribution in [0, 0.1) is 5.92 Å². The van der Waals surface area contributed by atoms with Gasteiger partial charge in [-0.2, -0.15) is 0 Å². The number of aromatic carboxylic acids is 1. The second-order valence-corrected chi connectivity index (χ2v) is 4.70. The van der Waals surface area contributed by atoms with Gasteiger partial charge >= 0.3 is 5.97 Å². The second kappa shape index (κ2) is 5.77. The van der Waals surface area contributed by atoms with E-state index in [4.69, 9.17) is 22.2 Å². The topological polar surface area (TPSA) is 119 Å². The minimum Gasteiger partial charge on any atom is -0.478 e. The Bertz CT molecular complexity index is 614. The Morgan fingerprint density at radius 3 is 3.10 bits per heavy atom. The molecule has 9 heteroatoms. The quantitative estimate of drug-likeness (QED) is 0.396. The van der Waals surface area contributed by atoms with E-state index in [2.05, 4.69) is 15.0 Å². The van der Waals surface area contributed by atoms with Crippen molar-refractivity contribution < 1.29 is 14.7 Å². The highest BCUT2D eigenvalue weighted by atomic mass is 35.5. The Morgan fingerprint density at radius 2 is 2.45 bits per heavy atom. The number of pyridine rings is 1. The average molecular weight is 296 g/mol. The minimum absolute atomic E-state index is 0.0448. The number of carbonyl (C=O) groups is 2. The number of carboxylic acid groups (broad SMARTS) is 1. The van der Waals surface area contributed by atoms with Gasteiger partial charge < -0.3 is 10.0 Å².